The summed E-state index contributed by atoms with van der Waals surface area (Å²) in [6.07, 6.45) is 1.13. The molecule has 0 saturated carbocycles. The lowest BCUT2D eigenvalue weighted by atomic mass is 10.1. The molecule has 3 N–H and O–H groups in total. The minimum Gasteiger partial charge on any atom is -0.453 e. The molecular weight excluding hydrogens is 323 g/mol. The van der Waals surface area contributed by atoms with E-state index in [9.17, 15) is 18.8 Å². The van der Waals surface area contributed by atoms with Gasteiger partial charge in [-0.1, -0.05) is 0 Å². The highest BCUT2D eigenvalue weighted by Gasteiger charge is 2.26. The summed E-state index contributed by atoms with van der Waals surface area (Å²) in [4.78, 5) is 35.1. The van der Waals surface area contributed by atoms with Gasteiger partial charge in [-0.2, -0.15) is 11.8 Å². The molecule has 0 heterocycles. The highest BCUT2D eigenvalue weighted by atomic mass is 32.2. The van der Waals surface area contributed by atoms with Gasteiger partial charge in [0.15, 0.2) is 6.10 Å². The first-order valence-electron chi connectivity index (χ1n) is 6.90. The molecule has 0 bridgehead atoms. The minimum atomic E-state index is -1.06. The standard InChI is InChI=1S/C15H19FN2O4S/c1-9(13(19)10-3-5-11(16)6-4-10)22-14(20)12(7-8-23-2)18-15(17)21/h3-6,9,12H,7-8H2,1-2H3,(H3,17,18,21)/t9-,12-/m0/s1. The summed E-state index contributed by atoms with van der Waals surface area (Å²) in [6.45, 7) is 1.42. The number of benzene rings is 1. The number of hydrogen-bond acceptors (Lipinski definition) is 5. The van der Waals surface area contributed by atoms with Gasteiger partial charge in [-0.05, 0) is 49.6 Å². The van der Waals surface area contributed by atoms with Gasteiger partial charge in [-0.3, -0.25) is 4.79 Å². The quantitative estimate of drug-likeness (QED) is 0.554. The van der Waals surface area contributed by atoms with Gasteiger partial charge in [0.25, 0.3) is 0 Å². The van der Waals surface area contributed by atoms with Crippen molar-refractivity contribution >= 4 is 29.5 Å². The first kappa shape index (κ1) is 19.0. The van der Waals surface area contributed by atoms with Crippen LogP contribution in [-0.2, 0) is 9.53 Å². The molecule has 8 heteroatoms. The lowest BCUT2D eigenvalue weighted by Crippen LogP contribution is -2.46. The van der Waals surface area contributed by atoms with Crippen molar-refractivity contribution in [3.8, 4) is 0 Å². The molecule has 0 aliphatic rings. The van der Waals surface area contributed by atoms with Crippen molar-refractivity contribution in [1.29, 1.82) is 0 Å². The summed E-state index contributed by atoms with van der Waals surface area (Å²) < 4.78 is 18.0. The second-order valence-corrected chi connectivity index (χ2v) is 5.78. The molecule has 0 unspecified atom stereocenters. The van der Waals surface area contributed by atoms with E-state index < -0.39 is 35.7 Å². The molecular formula is C15H19FN2O4S. The Hall–Kier alpha value is -2.09. The predicted molar refractivity (Wildman–Crippen MR) is 85.8 cm³/mol. The number of ketones is 1. The molecule has 1 aromatic rings. The van der Waals surface area contributed by atoms with E-state index in [0.29, 0.717) is 12.2 Å². The highest BCUT2D eigenvalue weighted by molar-refractivity contribution is 7.98. The van der Waals surface area contributed by atoms with Crippen LogP contribution in [0.2, 0.25) is 0 Å². The number of nitrogens with one attached hydrogen (secondary N) is 1. The number of primary amides is 1. The SMILES string of the molecule is CSCC[C@H](NC(N)=O)C(=O)O[C@@H](C)C(=O)c1ccc(F)cc1. The van der Waals surface area contributed by atoms with Gasteiger partial charge in [0.1, 0.15) is 11.9 Å². The highest BCUT2D eigenvalue weighted by Crippen LogP contribution is 2.10. The van der Waals surface area contributed by atoms with Crippen molar-refractivity contribution in [3.05, 3.63) is 35.6 Å². The molecule has 0 aliphatic heterocycles. The fourth-order valence-electron chi connectivity index (χ4n) is 1.82. The van der Waals surface area contributed by atoms with Crippen LogP contribution in [0.4, 0.5) is 9.18 Å². The molecule has 1 rings (SSSR count). The number of nitrogens with two attached hydrogens (primary N) is 1. The average Bonchev–Trinajstić information content (AvgIpc) is 2.50. The van der Waals surface area contributed by atoms with Gasteiger partial charge in [-0.25, -0.2) is 14.0 Å². The van der Waals surface area contributed by atoms with Crippen LogP contribution in [0.25, 0.3) is 0 Å². The molecule has 0 aromatic heterocycles. The molecule has 6 nitrogen and oxygen atoms in total. The Morgan fingerprint density at radius 3 is 2.43 bits per heavy atom. The maximum atomic E-state index is 12.9. The van der Waals surface area contributed by atoms with Crippen molar-refractivity contribution < 1.29 is 23.5 Å². The van der Waals surface area contributed by atoms with Gasteiger partial charge in [0.2, 0.25) is 5.78 Å². The van der Waals surface area contributed by atoms with Crippen LogP contribution in [0, 0.1) is 5.82 Å². The summed E-state index contributed by atoms with van der Waals surface area (Å²) in [5, 5.41) is 2.30. The number of carbonyl (C=O) groups excluding carboxylic acids is 3. The second kappa shape index (κ2) is 9.14. The first-order valence-corrected chi connectivity index (χ1v) is 8.29. The third-order valence-corrected chi connectivity index (χ3v) is 3.65. The van der Waals surface area contributed by atoms with Crippen molar-refractivity contribution in [2.75, 3.05) is 12.0 Å². The average molecular weight is 342 g/mol. The van der Waals surface area contributed by atoms with Crippen LogP contribution >= 0.6 is 11.8 Å². The number of urea groups is 1. The van der Waals surface area contributed by atoms with Gasteiger partial charge in [0.05, 0.1) is 0 Å². The van der Waals surface area contributed by atoms with Gasteiger partial charge < -0.3 is 15.8 Å². The minimum absolute atomic E-state index is 0.232. The van der Waals surface area contributed by atoms with E-state index in [-0.39, 0.29) is 5.56 Å². The first-order chi connectivity index (χ1) is 10.8. The number of rotatable bonds is 8. The number of esters is 1. The van der Waals surface area contributed by atoms with E-state index in [2.05, 4.69) is 5.32 Å². The molecule has 126 valence electrons. The van der Waals surface area contributed by atoms with Crippen LogP contribution < -0.4 is 11.1 Å². The molecule has 0 fully saturated rings. The number of Topliss-reactive ketones (excluding diaryl/α,β-unsaturated/α-hetero) is 1. The number of hydrogen-bond donors (Lipinski definition) is 2. The van der Waals surface area contributed by atoms with Gasteiger partial charge in [-0.15, -0.1) is 0 Å². The van der Waals surface area contributed by atoms with Crippen LogP contribution in [0.1, 0.15) is 23.7 Å². The van der Waals surface area contributed by atoms with E-state index in [0.717, 1.165) is 12.1 Å². The fraction of sp³-hybridized carbons (Fsp3) is 0.400. The van der Waals surface area contributed by atoms with Crippen LogP contribution in [0.15, 0.2) is 24.3 Å². The van der Waals surface area contributed by atoms with Crippen molar-refractivity contribution in [1.82, 2.24) is 5.32 Å². The summed E-state index contributed by atoms with van der Waals surface area (Å²) in [7, 11) is 0. The maximum Gasteiger partial charge on any atom is 0.329 e. The number of ether oxygens (including phenoxy) is 1. The Balaban J connectivity index is 2.70. The molecule has 0 saturated heterocycles. The Morgan fingerprint density at radius 2 is 1.91 bits per heavy atom. The number of carbonyl (C=O) groups is 3. The Morgan fingerprint density at radius 1 is 1.30 bits per heavy atom. The molecule has 1 aromatic carbocycles. The van der Waals surface area contributed by atoms with E-state index in [4.69, 9.17) is 10.5 Å². The van der Waals surface area contributed by atoms with Crippen LogP contribution in [0.3, 0.4) is 0 Å². The lowest BCUT2D eigenvalue weighted by Gasteiger charge is -2.19. The fourth-order valence-corrected chi connectivity index (χ4v) is 2.29. The largest absolute Gasteiger partial charge is 0.453 e. The molecule has 0 radical (unpaired) electrons. The zero-order chi connectivity index (χ0) is 17.4. The summed E-state index contributed by atoms with van der Waals surface area (Å²) in [5.41, 5.74) is 5.26. The van der Waals surface area contributed by atoms with Gasteiger partial charge >= 0.3 is 12.0 Å². The lowest BCUT2D eigenvalue weighted by molar-refractivity contribution is -0.148. The predicted octanol–water partition coefficient (Wildman–Crippen LogP) is 1.73. The monoisotopic (exact) mass is 342 g/mol. The van der Waals surface area contributed by atoms with Crippen molar-refractivity contribution in [2.45, 2.75) is 25.5 Å². The summed E-state index contributed by atoms with van der Waals surface area (Å²) >= 11 is 1.50. The number of amides is 2. The molecule has 2 atom stereocenters. The molecule has 0 spiro atoms. The molecule has 23 heavy (non-hydrogen) atoms. The normalized spacial score (nSPS) is 13.0. The van der Waals surface area contributed by atoms with Crippen LogP contribution in [-0.4, -0.2) is 41.9 Å². The number of thioether (sulfide) groups is 1. The van der Waals surface area contributed by atoms with E-state index >= 15 is 0 Å². The van der Waals surface area contributed by atoms with Crippen LogP contribution in [0.5, 0.6) is 0 Å². The Kier molecular flexibility index (Phi) is 7.53. The third kappa shape index (κ3) is 6.27. The van der Waals surface area contributed by atoms with Crippen molar-refractivity contribution in [3.63, 3.8) is 0 Å². The van der Waals surface area contributed by atoms with Gasteiger partial charge in [0, 0.05) is 5.56 Å². The topological polar surface area (TPSA) is 98.5 Å². The third-order valence-electron chi connectivity index (χ3n) is 3.00. The zero-order valence-electron chi connectivity index (χ0n) is 12.9. The maximum absolute atomic E-state index is 12.9. The Labute approximate surface area is 137 Å². The zero-order valence-corrected chi connectivity index (χ0v) is 13.7. The second-order valence-electron chi connectivity index (χ2n) is 4.79. The van der Waals surface area contributed by atoms with E-state index in [1.165, 1.54) is 30.8 Å². The summed E-state index contributed by atoms with van der Waals surface area (Å²) in [5.74, 6) is -1.05. The summed E-state index contributed by atoms with van der Waals surface area (Å²) in [6, 6.07) is 3.17. The number of halogens is 1. The van der Waals surface area contributed by atoms with E-state index in [1.54, 1.807) is 0 Å². The molecule has 0 aliphatic carbocycles. The Bertz CT molecular complexity index is 565. The smallest absolute Gasteiger partial charge is 0.329 e. The van der Waals surface area contributed by atoms with E-state index in [1.807, 2.05) is 6.26 Å². The van der Waals surface area contributed by atoms with Crippen molar-refractivity contribution in [2.24, 2.45) is 5.73 Å². The molecule has 2 amide bonds.